The molecular formula is C28H32BrN5O3. The Morgan fingerprint density at radius 3 is 2.51 bits per heavy atom. The van der Waals surface area contributed by atoms with Gasteiger partial charge >= 0.3 is 11.9 Å². The number of aryl methyl sites for hydroxylation is 3. The van der Waals surface area contributed by atoms with Crippen LogP contribution in [-0.4, -0.2) is 20.7 Å². The third-order valence-electron chi connectivity index (χ3n) is 7.38. The molecule has 0 bridgehead atoms. The lowest BCUT2D eigenvalue weighted by molar-refractivity contribution is 0.0930. The number of hydrogen-bond donors (Lipinski definition) is 2. The monoisotopic (exact) mass is 565 g/mol. The van der Waals surface area contributed by atoms with Crippen molar-refractivity contribution in [3.63, 3.8) is 0 Å². The second-order valence-corrected chi connectivity index (χ2v) is 12.0. The second-order valence-electron chi connectivity index (χ2n) is 11.1. The lowest BCUT2D eigenvalue weighted by atomic mass is 9.63. The van der Waals surface area contributed by atoms with E-state index >= 15 is 0 Å². The van der Waals surface area contributed by atoms with Crippen molar-refractivity contribution in [1.82, 2.24) is 20.2 Å². The minimum atomic E-state index is -0.454. The maximum atomic E-state index is 12.8. The number of amides is 1. The van der Waals surface area contributed by atoms with E-state index in [-0.39, 0.29) is 22.5 Å². The molecule has 8 nitrogen and oxygen atoms in total. The van der Waals surface area contributed by atoms with E-state index in [1.165, 1.54) is 11.1 Å². The fourth-order valence-electron chi connectivity index (χ4n) is 5.18. The summed E-state index contributed by atoms with van der Waals surface area (Å²) < 4.78 is 14.1. The van der Waals surface area contributed by atoms with Crippen molar-refractivity contribution < 1.29 is 13.9 Å². The van der Waals surface area contributed by atoms with E-state index in [0.29, 0.717) is 16.0 Å². The molecule has 3 heterocycles. The number of benzene rings is 1. The van der Waals surface area contributed by atoms with Gasteiger partial charge in [0.1, 0.15) is 16.0 Å². The van der Waals surface area contributed by atoms with E-state index in [0.717, 1.165) is 35.1 Å². The lowest BCUT2D eigenvalue weighted by Crippen LogP contribution is -2.33. The van der Waals surface area contributed by atoms with E-state index < -0.39 is 5.91 Å². The van der Waals surface area contributed by atoms with E-state index in [9.17, 15) is 4.79 Å². The number of hydrazine groups is 1. The molecule has 0 atom stereocenters. The summed E-state index contributed by atoms with van der Waals surface area (Å²) in [5.41, 5.74) is 11.0. The summed E-state index contributed by atoms with van der Waals surface area (Å²) in [6.07, 6.45) is 2.26. The standard InChI is InChI=1S/C28H32BrN5O3/c1-15-12-22(30-24-23(15)16(2)33-34(24)7)31-32-25(35)21-14-20(29)26(37-21)36-17-8-9-18-19(13-17)28(5,6)11-10-27(18,3)4/h8-9,12-14H,10-11H2,1-7H3,(H,30,31)(H,32,35). The molecule has 37 heavy (non-hydrogen) atoms. The molecule has 0 saturated carbocycles. The van der Waals surface area contributed by atoms with Gasteiger partial charge in [-0.15, -0.1) is 0 Å². The summed E-state index contributed by atoms with van der Waals surface area (Å²) in [6.45, 7) is 13.1. The van der Waals surface area contributed by atoms with Crippen molar-refractivity contribution in [3.05, 3.63) is 62.9 Å². The van der Waals surface area contributed by atoms with Crippen LogP contribution in [-0.2, 0) is 17.9 Å². The van der Waals surface area contributed by atoms with Crippen molar-refractivity contribution in [3.8, 4) is 11.7 Å². The summed E-state index contributed by atoms with van der Waals surface area (Å²) in [6, 6.07) is 9.65. The van der Waals surface area contributed by atoms with Crippen molar-refractivity contribution in [2.24, 2.45) is 7.05 Å². The number of aromatic nitrogens is 3. The number of carbonyl (C=O) groups is 1. The SMILES string of the molecule is Cc1cc(NNC(=O)c2cc(Br)c(Oc3ccc4c(c3)C(C)(C)CCC4(C)C)o2)nc2c1c(C)nn2C. The Balaban J connectivity index is 1.32. The number of ether oxygens (including phenoxy) is 1. The molecule has 2 N–H and O–H groups in total. The van der Waals surface area contributed by atoms with Gasteiger partial charge < -0.3 is 9.15 Å². The molecule has 0 aliphatic heterocycles. The number of halogens is 1. The van der Waals surface area contributed by atoms with E-state index in [2.05, 4.69) is 76.7 Å². The number of hydrogen-bond acceptors (Lipinski definition) is 6. The third kappa shape index (κ3) is 4.61. The van der Waals surface area contributed by atoms with E-state index in [1.807, 2.05) is 33.0 Å². The van der Waals surface area contributed by atoms with Crippen molar-refractivity contribution in [2.75, 3.05) is 5.43 Å². The zero-order valence-corrected chi connectivity index (χ0v) is 23.8. The van der Waals surface area contributed by atoms with Crippen LogP contribution in [0.25, 0.3) is 11.0 Å². The summed E-state index contributed by atoms with van der Waals surface area (Å²) >= 11 is 3.46. The highest BCUT2D eigenvalue weighted by molar-refractivity contribution is 9.10. The predicted octanol–water partition coefficient (Wildman–Crippen LogP) is 6.84. The van der Waals surface area contributed by atoms with Crippen LogP contribution in [0.2, 0.25) is 0 Å². The normalized spacial score (nSPS) is 15.9. The lowest BCUT2D eigenvalue weighted by Gasteiger charge is -2.41. The smallest absolute Gasteiger partial charge is 0.305 e. The highest BCUT2D eigenvalue weighted by Gasteiger charge is 2.37. The van der Waals surface area contributed by atoms with Crippen molar-refractivity contribution >= 4 is 38.7 Å². The highest BCUT2D eigenvalue weighted by atomic mass is 79.9. The van der Waals surface area contributed by atoms with Gasteiger partial charge in [-0.2, -0.15) is 5.10 Å². The van der Waals surface area contributed by atoms with Gasteiger partial charge in [-0.3, -0.25) is 20.3 Å². The minimum Gasteiger partial charge on any atom is -0.425 e. The van der Waals surface area contributed by atoms with Crippen LogP contribution in [0.5, 0.6) is 11.7 Å². The van der Waals surface area contributed by atoms with Gasteiger partial charge in [0.25, 0.3) is 0 Å². The third-order valence-corrected chi connectivity index (χ3v) is 7.94. The van der Waals surface area contributed by atoms with Crippen LogP contribution in [0.1, 0.15) is 73.5 Å². The van der Waals surface area contributed by atoms with Gasteiger partial charge in [0, 0.05) is 18.5 Å². The molecule has 1 aliphatic rings. The quantitative estimate of drug-likeness (QED) is 0.257. The summed E-state index contributed by atoms with van der Waals surface area (Å²) in [7, 11) is 1.84. The Kier molecular flexibility index (Phi) is 6.09. The van der Waals surface area contributed by atoms with Gasteiger partial charge in [-0.1, -0.05) is 33.8 Å². The first-order valence-corrected chi connectivity index (χ1v) is 13.1. The average Bonchev–Trinajstić information content (AvgIpc) is 3.34. The molecular weight excluding hydrogens is 534 g/mol. The maximum Gasteiger partial charge on any atom is 0.305 e. The van der Waals surface area contributed by atoms with Gasteiger partial charge in [0.2, 0.25) is 0 Å². The van der Waals surface area contributed by atoms with Crippen LogP contribution in [0.4, 0.5) is 5.82 Å². The van der Waals surface area contributed by atoms with Crippen LogP contribution >= 0.6 is 15.9 Å². The fraction of sp³-hybridized carbons (Fsp3) is 0.393. The number of rotatable bonds is 5. The molecule has 0 saturated heterocycles. The van der Waals surface area contributed by atoms with Gasteiger partial charge in [0.15, 0.2) is 11.4 Å². The number of anilines is 1. The van der Waals surface area contributed by atoms with Gasteiger partial charge in [-0.05, 0) is 88.3 Å². The van der Waals surface area contributed by atoms with Crippen molar-refractivity contribution in [1.29, 1.82) is 0 Å². The number of fused-ring (bicyclic) bond motifs is 2. The first-order valence-electron chi connectivity index (χ1n) is 12.4. The molecule has 3 aromatic heterocycles. The second kappa shape index (κ2) is 8.90. The minimum absolute atomic E-state index is 0.0604. The maximum absolute atomic E-state index is 12.8. The topological polar surface area (TPSA) is 94.2 Å². The number of furan rings is 1. The summed E-state index contributed by atoms with van der Waals surface area (Å²) in [5, 5.41) is 5.43. The zero-order chi connectivity index (χ0) is 26.7. The van der Waals surface area contributed by atoms with Crippen molar-refractivity contribution in [2.45, 2.75) is 65.2 Å². The molecule has 1 aromatic carbocycles. The Morgan fingerprint density at radius 2 is 1.78 bits per heavy atom. The van der Waals surface area contributed by atoms with Crippen LogP contribution < -0.4 is 15.6 Å². The number of carbonyl (C=O) groups excluding carboxylic acids is 1. The van der Waals surface area contributed by atoms with Crippen LogP contribution in [0.3, 0.4) is 0 Å². The van der Waals surface area contributed by atoms with Crippen LogP contribution in [0, 0.1) is 13.8 Å². The largest absolute Gasteiger partial charge is 0.425 e. The zero-order valence-electron chi connectivity index (χ0n) is 22.2. The highest BCUT2D eigenvalue weighted by Crippen LogP contribution is 2.47. The molecule has 1 amide bonds. The predicted molar refractivity (Wildman–Crippen MR) is 147 cm³/mol. The molecule has 0 spiro atoms. The molecule has 0 radical (unpaired) electrons. The van der Waals surface area contributed by atoms with E-state index in [4.69, 9.17) is 9.15 Å². The first-order chi connectivity index (χ1) is 17.4. The Labute approximate surface area is 224 Å². The molecule has 0 unspecified atom stereocenters. The van der Waals surface area contributed by atoms with E-state index in [1.54, 1.807) is 10.7 Å². The number of pyridine rings is 1. The molecule has 5 rings (SSSR count). The molecule has 1 aliphatic carbocycles. The summed E-state index contributed by atoms with van der Waals surface area (Å²) in [5.74, 6) is 1.04. The summed E-state index contributed by atoms with van der Waals surface area (Å²) in [4.78, 5) is 17.4. The number of nitrogens with zero attached hydrogens (tertiary/aromatic N) is 3. The fourth-order valence-corrected chi connectivity index (χ4v) is 5.55. The Bertz CT molecular complexity index is 1530. The average molecular weight is 567 g/mol. The molecule has 0 fully saturated rings. The van der Waals surface area contributed by atoms with Gasteiger partial charge in [0.05, 0.1) is 5.69 Å². The Morgan fingerprint density at radius 1 is 1.08 bits per heavy atom. The molecule has 194 valence electrons. The number of nitrogens with one attached hydrogen (secondary N) is 2. The molecule has 4 aromatic rings. The van der Waals surface area contributed by atoms with Gasteiger partial charge in [-0.25, -0.2) is 4.98 Å². The Hall–Kier alpha value is -3.33. The van der Waals surface area contributed by atoms with Crippen LogP contribution in [0.15, 0.2) is 39.2 Å². The molecule has 9 heteroatoms. The first kappa shape index (κ1) is 25.3.